The van der Waals surface area contributed by atoms with Gasteiger partial charge in [0.25, 0.3) is 5.91 Å². The van der Waals surface area contributed by atoms with E-state index in [2.05, 4.69) is 26.7 Å². The summed E-state index contributed by atoms with van der Waals surface area (Å²) in [5.74, 6) is 0.845. The van der Waals surface area contributed by atoms with Crippen molar-refractivity contribution in [2.75, 3.05) is 11.9 Å². The van der Waals surface area contributed by atoms with Gasteiger partial charge in [-0.05, 0) is 37.0 Å². The van der Waals surface area contributed by atoms with Crippen molar-refractivity contribution in [2.45, 2.75) is 40.0 Å². The van der Waals surface area contributed by atoms with Gasteiger partial charge < -0.3 is 9.26 Å². The molecule has 142 valence electrons. The van der Waals surface area contributed by atoms with E-state index in [1.54, 1.807) is 6.07 Å². The molecule has 0 aliphatic carbocycles. The molecule has 3 rings (SSSR count). The molecule has 2 aromatic heterocycles. The Morgan fingerprint density at radius 1 is 1.26 bits per heavy atom. The van der Waals surface area contributed by atoms with Crippen molar-refractivity contribution in [2.24, 2.45) is 0 Å². The molecule has 1 aromatic carbocycles. The molecule has 1 N–H and O–H groups in total. The van der Waals surface area contributed by atoms with Gasteiger partial charge in [-0.25, -0.2) is 0 Å². The van der Waals surface area contributed by atoms with Crippen LogP contribution in [0.3, 0.4) is 0 Å². The number of amides is 1. The number of nitrogens with zero attached hydrogens (tertiary/aromatic N) is 3. The number of hydrogen-bond acceptors (Lipinski definition) is 7. The number of carbonyl (C=O) groups excluding carboxylic acids is 1. The van der Waals surface area contributed by atoms with Crippen LogP contribution in [0.4, 0.5) is 5.13 Å². The Morgan fingerprint density at radius 3 is 2.81 bits per heavy atom. The highest BCUT2D eigenvalue weighted by molar-refractivity contribution is 7.15. The second-order valence-electron chi connectivity index (χ2n) is 6.59. The minimum atomic E-state index is -0.385. The third-order valence-electron chi connectivity index (χ3n) is 3.95. The SMILES string of the molecule is Cc1ccc(C)c(OCCc2nnc(NC(=O)c3cc(C(C)C)no3)s2)c1. The van der Waals surface area contributed by atoms with Gasteiger partial charge in [0.05, 0.1) is 12.3 Å². The lowest BCUT2D eigenvalue weighted by Gasteiger charge is -2.08. The number of carbonyl (C=O) groups is 1. The van der Waals surface area contributed by atoms with E-state index >= 15 is 0 Å². The number of anilines is 1. The molecular weight excluding hydrogens is 364 g/mol. The molecular formula is C19H22N4O3S. The number of ether oxygens (including phenoxy) is 1. The van der Waals surface area contributed by atoms with Gasteiger partial charge in [0.15, 0.2) is 0 Å². The lowest BCUT2D eigenvalue weighted by molar-refractivity contribution is 0.0987. The smallest absolute Gasteiger partial charge is 0.296 e. The van der Waals surface area contributed by atoms with Crippen molar-refractivity contribution in [3.05, 3.63) is 51.9 Å². The van der Waals surface area contributed by atoms with Gasteiger partial charge in [0, 0.05) is 12.5 Å². The van der Waals surface area contributed by atoms with E-state index in [1.165, 1.54) is 11.3 Å². The van der Waals surface area contributed by atoms with E-state index in [0.717, 1.165) is 27.6 Å². The molecule has 0 unspecified atom stereocenters. The van der Waals surface area contributed by atoms with Crippen LogP contribution in [0.1, 0.15) is 52.1 Å². The van der Waals surface area contributed by atoms with Crippen LogP contribution in [0.2, 0.25) is 0 Å². The van der Waals surface area contributed by atoms with Crippen LogP contribution in [0, 0.1) is 13.8 Å². The number of hydrogen-bond donors (Lipinski definition) is 1. The second-order valence-corrected chi connectivity index (χ2v) is 7.66. The van der Waals surface area contributed by atoms with Crippen LogP contribution in [0.5, 0.6) is 5.75 Å². The van der Waals surface area contributed by atoms with Gasteiger partial charge in [-0.15, -0.1) is 10.2 Å². The number of aromatic nitrogens is 3. The molecule has 0 fully saturated rings. The van der Waals surface area contributed by atoms with Crippen LogP contribution < -0.4 is 10.1 Å². The monoisotopic (exact) mass is 386 g/mol. The maximum atomic E-state index is 12.2. The van der Waals surface area contributed by atoms with Gasteiger partial charge >= 0.3 is 0 Å². The van der Waals surface area contributed by atoms with E-state index in [0.29, 0.717) is 18.2 Å². The first kappa shape index (κ1) is 19.0. The Bertz CT molecular complexity index is 933. The van der Waals surface area contributed by atoms with Crippen molar-refractivity contribution in [1.82, 2.24) is 15.4 Å². The van der Waals surface area contributed by atoms with Crippen LogP contribution in [-0.4, -0.2) is 27.9 Å². The molecule has 0 spiro atoms. The molecule has 2 heterocycles. The summed E-state index contributed by atoms with van der Waals surface area (Å²) >= 11 is 1.32. The van der Waals surface area contributed by atoms with Gasteiger partial charge in [-0.3, -0.25) is 10.1 Å². The first-order valence-electron chi connectivity index (χ1n) is 8.73. The number of nitrogens with one attached hydrogen (secondary N) is 1. The zero-order valence-corrected chi connectivity index (χ0v) is 16.6. The second kappa shape index (κ2) is 8.30. The highest BCUT2D eigenvalue weighted by Crippen LogP contribution is 2.21. The average Bonchev–Trinajstić information content (AvgIpc) is 3.27. The van der Waals surface area contributed by atoms with Crippen molar-refractivity contribution >= 4 is 22.4 Å². The Labute approximate surface area is 161 Å². The number of benzene rings is 1. The molecule has 0 aliphatic rings. The summed E-state index contributed by atoms with van der Waals surface area (Å²) in [6.07, 6.45) is 0.612. The van der Waals surface area contributed by atoms with Crippen molar-refractivity contribution in [3.63, 3.8) is 0 Å². The number of aryl methyl sites for hydroxylation is 2. The van der Waals surface area contributed by atoms with E-state index in [1.807, 2.05) is 39.8 Å². The molecule has 1 amide bonds. The zero-order valence-electron chi connectivity index (χ0n) is 15.8. The van der Waals surface area contributed by atoms with Gasteiger partial charge in [-0.2, -0.15) is 0 Å². The fourth-order valence-corrected chi connectivity index (χ4v) is 3.06. The fourth-order valence-electron chi connectivity index (χ4n) is 2.34. The summed E-state index contributed by atoms with van der Waals surface area (Å²) in [6.45, 7) is 8.51. The maximum absolute atomic E-state index is 12.2. The van der Waals surface area contributed by atoms with E-state index in [-0.39, 0.29) is 17.6 Å². The molecule has 0 bridgehead atoms. The number of rotatable bonds is 7. The third kappa shape index (κ3) is 4.91. The third-order valence-corrected chi connectivity index (χ3v) is 4.85. The summed E-state index contributed by atoms with van der Waals surface area (Å²) in [5, 5.41) is 15.9. The highest BCUT2D eigenvalue weighted by Gasteiger charge is 2.16. The maximum Gasteiger partial charge on any atom is 0.296 e. The predicted octanol–water partition coefficient (Wildman–Crippen LogP) is 4.14. The average molecular weight is 386 g/mol. The Morgan fingerprint density at radius 2 is 2.07 bits per heavy atom. The van der Waals surface area contributed by atoms with Crippen LogP contribution in [0.25, 0.3) is 0 Å². The molecule has 0 radical (unpaired) electrons. The standard InChI is InChI=1S/C19H22N4O3S/c1-11(2)14-10-16(26-23-14)18(24)20-19-22-21-17(27-19)7-8-25-15-9-12(3)5-6-13(15)4/h5-6,9-11H,7-8H2,1-4H3,(H,20,22,24). The summed E-state index contributed by atoms with van der Waals surface area (Å²) in [4.78, 5) is 12.2. The van der Waals surface area contributed by atoms with Gasteiger partial charge in [0.1, 0.15) is 10.8 Å². The lowest BCUT2D eigenvalue weighted by atomic mass is 10.1. The first-order valence-corrected chi connectivity index (χ1v) is 9.54. The topological polar surface area (TPSA) is 90.1 Å². The van der Waals surface area contributed by atoms with Crippen molar-refractivity contribution < 1.29 is 14.1 Å². The summed E-state index contributed by atoms with van der Waals surface area (Å²) in [5.41, 5.74) is 2.99. The van der Waals surface area contributed by atoms with Crippen molar-refractivity contribution in [1.29, 1.82) is 0 Å². The van der Waals surface area contributed by atoms with Crippen LogP contribution in [0.15, 0.2) is 28.8 Å². The Balaban J connectivity index is 1.53. The summed E-state index contributed by atoms with van der Waals surface area (Å²) in [7, 11) is 0. The highest BCUT2D eigenvalue weighted by atomic mass is 32.1. The Hall–Kier alpha value is -2.74. The van der Waals surface area contributed by atoms with Gasteiger partial charge in [0.2, 0.25) is 10.9 Å². The molecule has 0 saturated carbocycles. The van der Waals surface area contributed by atoms with Gasteiger partial charge in [-0.1, -0.05) is 42.5 Å². The summed E-state index contributed by atoms with van der Waals surface area (Å²) < 4.78 is 10.9. The zero-order chi connectivity index (χ0) is 19.4. The van der Waals surface area contributed by atoms with Crippen LogP contribution >= 0.6 is 11.3 Å². The van der Waals surface area contributed by atoms with E-state index < -0.39 is 0 Å². The molecule has 7 nitrogen and oxygen atoms in total. The fraction of sp³-hybridized carbons (Fsp3) is 0.368. The van der Waals surface area contributed by atoms with Crippen LogP contribution in [-0.2, 0) is 6.42 Å². The first-order chi connectivity index (χ1) is 12.9. The minimum Gasteiger partial charge on any atom is -0.493 e. The Kier molecular flexibility index (Phi) is 5.85. The molecule has 3 aromatic rings. The summed E-state index contributed by atoms with van der Waals surface area (Å²) in [6, 6.07) is 7.75. The van der Waals surface area contributed by atoms with E-state index in [4.69, 9.17) is 9.26 Å². The largest absolute Gasteiger partial charge is 0.493 e. The molecule has 8 heteroatoms. The lowest BCUT2D eigenvalue weighted by Crippen LogP contribution is -2.10. The predicted molar refractivity (Wildman–Crippen MR) is 104 cm³/mol. The van der Waals surface area contributed by atoms with E-state index in [9.17, 15) is 4.79 Å². The molecule has 27 heavy (non-hydrogen) atoms. The molecule has 0 saturated heterocycles. The normalized spacial score (nSPS) is 11.0. The molecule has 0 atom stereocenters. The molecule has 0 aliphatic heterocycles. The quantitative estimate of drug-likeness (QED) is 0.656. The minimum absolute atomic E-state index is 0.161. The van der Waals surface area contributed by atoms with Crippen molar-refractivity contribution in [3.8, 4) is 5.75 Å².